The number of alkyl halides is 6. The topological polar surface area (TPSA) is 71.4 Å². The Morgan fingerprint density at radius 2 is 1.15 bits per heavy atom. The van der Waals surface area contributed by atoms with E-state index in [-0.39, 0.29) is 24.1 Å². The number of aryl methyl sites for hydroxylation is 2. The molecule has 0 radical (unpaired) electrons. The van der Waals surface area contributed by atoms with Crippen LogP contribution in [0.2, 0.25) is 0 Å². The maximum absolute atomic E-state index is 13.7. The van der Waals surface area contributed by atoms with Crippen LogP contribution < -0.4 is 9.47 Å². The van der Waals surface area contributed by atoms with E-state index in [2.05, 4.69) is 4.98 Å². The van der Waals surface area contributed by atoms with Gasteiger partial charge in [-0.05, 0) is 101 Å². The molecule has 6 aromatic carbocycles. The highest BCUT2D eigenvalue weighted by Gasteiger charge is 2.34. The van der Waals surface area contributed by atoms with Crippen LogP contribution in [0.15, 0.2) is 127 Å². The van der Waals surface area contributed by atoms with Crippen molar-refractivity contribution in [3.05, 3.63) is 166 Å². The van der Waals surface area contributed by atoms with Crippen LogP contribution in [0.3, 0.4) is 0 Å². The molecule has 14 heteroatoms. The average molecular weight is 907 g/mol. The van der Waals surface area contributed by atoms with Gasteiger partial charge in [0.15, 0.2) is 0 Å². The fourth-order valence-electron chi connectivity index (χ4n) is 7.62. The van der Waals surface area contributed by atoms with Crippen LogP contribution in [0.1, 0.15) is 38.9 Å². The van der Waals surface area contributed by atoms with Crippen LogP contribution in [0, 0.1) is 13.8 Å². The standard InChI is InChI=1S/2C26H26F3N3O/c1-17-7-6-9-19(13-17)25-30-23-16-21(33-12-11-32(2)3)15-20(24(23)31-25)14-18-8-4-5-10-22(18)26(27,28)29;1-18-7-6-9-19(15-18)25-30-23-12-11-21(33-14-13-31(2)3)16-24(23)32(25)17-20-8-4-5-10-22(20)26(27,28)29/h4-10,13,15-16H,11-12,14H2,1-3H3,(H,30,31);4-12,15-16H,13-14,17H2,1-3H3. The minimum atomic E-state index is -4.43. The van der Waals surface area contributed by atoms with E-state index in [1.165, 1.54) is 24.3 Å². The second-order valence-corrected chi connectivity index (χ2v) is 16.8. The molecule has 0 spiro atoms. The molecule has 2 heterocycles. The largest absolute Gasteiger partial charge is 0.492 e. The summed E-state index contributed by atoms with van der Waals surface area (Å²) >= 11 is 0. The smallest absolute Gasteiger partial charge is 0.416 e. The highest BCUT2D eigenvalue weighted by atomic mass is 19.4. The number of hydrogen-bond donors (Lipinski definition) is 1. The van der Waals surface area contributed by atoms with Crippen molar-refractivity contribution in [2.24, 2.45) is 0 Å². The van der Waals surface area contributed by atoms with Gasteiger partial charge in [0.05, 0.1) is 39.7 Å². The van der Waals surface area contributed by atoms with Gasteiger partial charge < -0.3 is 28.8 Å². The Hall–Kier alpha value is -6.64. The van der Waals surface area contributed by atoms with Gasteiger partial charge in [-0.3, -0.25) is 0 Å². The normalized spacial score (nSPS) is 12.0. The molecule has 0 aliphatic rings. The molecule has 2 aromatic heterocycles. The van der Waals surface area contributed by atoms with Crippen LogP contribution in [0.4, 0.5) is 26.3 Å². The van der Waals surface area contributed by atoms with E-state index in [1.54, 1.807) is 18.2 Å². The fraction of sp³-hybridized carbons (Fsp3) is 0.269. The van der Waals surface area contributed by atoms with Crippen molar-refractivity contribution >= 4 is 22.1 Å². The zero-order valence-corrected chi connectivity index (χ0v) is 37.7. The van der Waals surface area contributed by atoms with Crippen LogP contribution in [-0.4, -0.2) is 83.8 Å². The SMILES string of the molecule is Cc1cccc(-c2nc3c(Cc4ccccc4C(F)(F)F)cc(OCCN(C)C)cc3[nH]2)c1.Cc1cccc(-c2nc3ccc(OCCN(C)C)cc3n2Cc2ccccc2C(F)(F)F)c1. The number of benzene rings is 6. The molecule has 344 valence electrons. The van der Waals surface area contributed by atoms with Crippen molar-refractivity contribution in [2.75, 3.05) is 54.5 Å². The molecule has 0 fully saturated rings. The van der Waals surface area contributed by atoms with Crippen molar-refractivity contribution in [3.63, 3.8) is 0 Å². The third kappa shape index (κ3) is 11.8. The van der Waals surface area contributed by atoms with Crippen molar-refractivity contribution in [1.29, 1.82) is 0 Å². The fourth-order valence-corrected chi connectivity index (χ4v) is 7.62. The minimum Gasteiger partial charge on any atom is -0.492 e. The van der Waals surface area contributed by atoms with E-state index < -0.39 is 23.5 Å². The maximum atomic E-state index is 13.7. The Kier molecular flexibility index (Phi) is 14.5. The molecule has 0 saturated carbocycles. The summed E-state index contributed by atoms with van der Waals surface area (Å²) in [5, 5.41) is 0. The number of hydrogen-bond acceptors (Lipinski definition) is 6. The Labute approximate surface area is 380 Å². The summed E-state index contributed by atoms with van der Waals surface area (Å²) in [4.78, 5) is 16.9. The zero-order valence-electron chi connectivity index (χ0n) is 37.7. The van der Waals surface area contributed by atoms with Crippen molar-refractivity contribution in [2.45, 2.75) is 39.2 Å². The number of imidazole rings is 2. The van der Waals surface area contributed by atoms with E-state index in [9.17, 15) is 26.3 Å². The lowest BCUT2D eigenvalue weighted by atomic mass is 9.98. The number of aromatic nitrogens is 4. The molecule has 0 amide bonds. The van der Waals surface area contributed by atoms with E-state index in [0.717, 1.165) is 58.5 Å². The third-order valence-electron chi connectivity index (χ3n) is 10.9. The van der Waals surface area contributed by atoms with E-state index >= 15 is 0 Å². The molecule has 0 aliphatic heterocycles. The summed E-state index contributed by atoms with van der Waals surface area (Å²) in [6.45, 7) is 6.47. The Bertz CT molecular complexity index is 2920. The van der Waals surface area contributed by atoms with Gasteiger partial charge in [0.1, 0.15) is 36.4 Å². The second kappa shape index (κ2) is 20.3. The molecule has 0 aliphatic carbocycles. The first-order chi connectivity index (χ1) is 31.4. The summed E-state index contributed by atoms with van der Waals surface area (Å²) in [5.41, 5.74) is 6.53. The highest BCUT2D eigenvalue weighted by molar-refractivity contribution is 5.85. The average Bonchev–Trinajstić information content (AvgIpc) is 3.85. The summed E-state index contributed by atoms with van der Waals surface area (Å²) in [5.74, 6) is 2.55. The predicted octanol–water partition coefficient (Wildman–Crippen LogP) is 12.1. The van der Waals surface area contributed by atoms with Gasteiger partial charge in [-0.2, -0.15) is 26.3 Å². The number of nitrogens with one attached hydrogen (secondary N) is 1. The lowest BCUT2D eigenvalue weighted by Gasteiger charge is -2.16. The molecule has 0 unspecified atom stereocenters. The Morgan fingerprint density at radius 3 is 1.77 bits per heavy atom. The number of rotatable bonds is 14. The van der Waals surface area contributed by atoms with Gasteiger partial charge in [-0.25, -0.2) is 9.97 Å². The Morgan fingerprint density at radius 1 is 0.576 bits per heavy atom. The number of aromatic amines is 1. The number of nitrogens with zero attached hydrogens (tertiary/aromatic N) is 5. The van der Waals surface area contributed by atoms with Gasteiger partial charge in [-0.15, -0.1) is 0 Å². The Balaban J connectivity index is 0.000000196. The van der Waals surface area contributed by atoms with Crippen LogP contribution >= 0.6 is 0 Å². The molecule has 0 saturated heterocycles. The summed E-state index contributed by atoms with van der Waals surface area (Å²) in [6, 6.07) is 36.3. The molecule has 66 heavy (non-hydrogen) atoms. The lowest BCUT2D eigenvalue weighted by molar-refractivity contribution is -0.139. The number of ether oxygens (including phenoxy) is 2. The van der Waals surface area contributed by atoms with Gasteiger partial charge in [0.25, 0.3) is 0 Å². The number of halogens is 6. The zero-order chi connectivity index (χ0) is 47.2. The lowest BCUT2D eigenvalue weighted by Crippen LogP contribution is -2.19. The predicted molar refractivity (Wildman–Crippen MR) is 249 cm³/mol. The first kappa shape index (κ1) is 47.3. The highest BCUT2D eigenvalue weighted by Crippen LogP contribution is 2.37. The van der Waals surface area contributed by atoms with Crippen molar-refractivity contribution < 1.29 is 35.8 Å². The molecule has 8 aromatic rings. The molecule has 1 N–H and O–H groups in total. The van der Waals surface area contributed by atoms with Crippen LogP contribution in [0.25, 0.3) is 44.8 Å². The monoisotopic (exact) mass is 906 g/mol. The van der Waals surface area contributed by atoms with Crippen LogP contribution in [-0.2, 0) is 25.3 Å². The molecule has 8 rings (SSSR count). The number of H-pyrrole nitrogens is 1. The first-order valence-electron chi connectivity index (χ1n) is 21.4. The van der Waals surface area contributed by atoms with Crippen LogP contribution in [0.5, 0.6) is 11.5 Å². The maximum Gasteiger partial charge on any atom is 0.416 e. The van der Waals surface area contributed by atoms with E-state index in [1.807, 2.05) is 129 Å². The molecular formula is C52H52F6N6O2. The summed E-state index contributed by atoms with van der Waals surface area (Å²) in [7, 11) is 7.84. The summed E-state index contributed by atoms with van der Waals surface area (Å²) < 4.78 is 95.5. The minimum absolute atomic E-state index is 0.0383. The molecule has 0 atom stereocenters. The number of fused-ring (bicyclic) bond motifs is 2. The summed E-state index contributed by atoms with van der Waals surface area (Å²) in [6.07, 6.45) is -8.76. The van der Waals surface area contributed by atoms with Gasteiger partial charge in [-0.1, -0.05) is 83.9 Å². The second-order valence-electron chi connectivity index (χ2n) is 16.8. The molecule has 8 nitrogen and oxygen atoms in total. The van der Waals surface area contributed by atoms with Crippen molar-refractivity contribution in [3.8, 4) is 34.3 Å². The quantitative estimate of drug-likeness (QED) is 0.110. The molecule has 0 bridgehead atoms. The third-order valence-corrected chi connectivity index (χ3v) is 10.9. The van der Waals surface area contributed by atoms with Crippen molar-refractivity contribution in [1.82, 2.24) is 29.3 Å². The van der Waals surface area contributed by atoms with Gasteiger partial charge in [0.2, 0.25) is 0 Å². The van der Waals surface area contributed by atoms with E-state index in [4.69, 9.17) is 19.4 Å². The molecular weight excluding hydrogens is 855 g/mol. The van der Waals surface area contributed by atoms with Gasteiger partial charge in [0, 0.05) is 42.8 Å². The van der Waals surface area contributed by atoms with E-state index in [0.29, 0.717) is 53.0 Å². The van der Waals surface area contributed by atoms with Gasteiger partial charge >= 0.3 is 12.4 Å². The first-order valence-corrected chi connectivity index (χ1v) is 21.4. The number of likely N-dealkylation sites (N-methyl/N-ethyl adjacent to an activating group) is 2.